The molecule has 0 amide bonds. The van der Waals surface area contributed by atoms with E-state index >= 15 is 0 Å². The summed E-state index contributed by atoms with van der Waals surface area (Å²) in [6, 6.07) is 0. The van der Waals surface area contributed by atoms with Crippen LogP contribution in [0.15, 0.2) is 10.7 Å². The van der Waals surface area contributed by atoms with Crippen molar-refractivity contribution in [2.75, 3.05) is 28.2 Å². The van der Waals surface area contributed by atoms with E-state index in [1.165, 1.54) is 0 Å². The third-order valence-corrected chi connectivity index (χ3v) is 2.16. The lowest BCUT2D eigenvalue weighted by Crippen LogP contribution is -2.34. The summed E-state index contributed by atoms with van der Waals surface area (Å²) >= 11 is 5.80. The van der Waals surface area contributed by atoms with Crippen molar-refractivity contribution < 1.29 is 9.53 Å². The summed E-state index contributed by atoms with van der Waals surface area (Å²) in [5.74, 6) is -0.455. The Morgan fingerprint density at radius 1 is 1.31 bits per heavy atom. The van der Waals surface area contributed by atoms with Gasteiger partial charge in [-0.3, -0.25) is 4.90 Å². The molecule has 0 saturated carbocycles. The van der Waals surface area contributed by atoms with Gasteiger partial charge in [-0.2, -0.15) is 0 Å². The molecule has 0 N–H and O–H groups in total. The Labute approximate surface area is 82.7 Å². The molecule has 4 nitrogen and oxygen atoms in total. The van der Waals surface area contributed by atoms with Crippen LogP contribution in [0.5, 0.6) is 0 Å². The summed E-state index contributed by atoms with van der Waals surface area (Å²) in [6.07, 6.45) is -0.366. The van der Waals surface area contributed by atoms with Gasteiger partial charge in [0.15, 0.2) is 6.23 Å². The van der Waals surface area contributed by atoms with Gasteiger partial charge in [-0.1, -0.05) is 11.6 Å². The van der Waals surface area contributed by atoms with Gasteiger partial charge in [0, 0.05) is 14.1 Å². The molecule has 1 rings (SSSR count). The average molecular weight is 205 g/mol. The number of ether oxygens (including phenoxy) is 1. The molecule has 1 aliphatic rings. The number of carbonyl (C=O) groups excluding carboxylic acids is 1. The van der Waals surface area contributed by atoms with E-state index in [1.807, 2.05) is 28.2 Å². The van der Waals surface area contributed by atoms with Crippen molar-refractivity contribution in [2.45, 2.75) is 6.23 Å². The standard InChI is InChI=1S/C8H13ClN2O2/c1-10(2)6-5(9)8(12)13-7(6)11(3)4/h7H,1-4H3/t7-/m1/s1. The van der Waals surface area contributed by atoms with Crippen LogP contribution in [0.2, 0.25) is 0 Å². The SMILES string of the molecule is CN(C)C1=C(Cl)C(=O)O[C@H]1N(C)C. The summed E-state index contributed by atoms with van der Waals surface area (Å²) in [4.78, 5) is 14.7. The lowest BCUT2D eigenvalue weighted by atomic mass is 10.3. The van der Waals surface area contributed by atoms with Crippen LogP contribution in [0.4, 0.5) is 0 Å². The van der Waals surface area contributed by atoms with Gasteiger partial charge < -0.3 is 9.64 Å². The predicted octanol–water partition coefficient (Wildman–Crippen LogP) is 0.443. The monoisotopic (exact) mass is 204 g/mol. The third kappa shape index (κ3) is 1.78. The Morgan fingerprint density at radius 2 is 1.85 bits per heavy atom. The molecule has 0 unspecified atom stereocenters. The van der Waals surface area contributed by atoms with Crippen LogP contribution in [0, 0.1) is 0 Å². The van der Waals surface area contributed by atoms with Crippen LogP contribution in [0.25, 0.3) is 0 Å². The van der Waals surface area contributed by atoms with Gasteiger partial charge in [-0.25, -0.2) is 4.79 Å². The highest BCUT2D eigenvalue weighted by atomic mass is 35.5. The maximum absolute atomic E-state index is 11.1. The fraction of sp³-hybridized carbons (Fsp3) is 0.625. The molecule has 13 heavy (non-hydrogen) atoms. The highest BCUT2D eigenvalue weighted by molar-refractivity contribution is 6.42. The van der Waals surface area contributed by atoms with Crippen molar-refractivity contribution in [2.24, 2.45) is 0 Å². The number of hydrogen-bond acceptors (Lipinski definition) is 4. The molecule has 1 atom stereocenters. The average Bonchev–Trinajstić information content (AvgIpc) is 2.28. The van der Waals surface area contributed by atoms with Crippen molar-refractivity contribution in [3.63, 3.8) is 0 Å². The smallest absolute Gasteiger partial charge is 0.353 e. The van der Waals surface area contributed by atoms with Crippen molar-refractivity contribution in [3.05, 3.63) is 10.7 Å². The molecule has 5 heteroatoms. The maximum atomic E-state index is 11.1. The van der Waals surface area contributed by atoms with Crippen LogP contribution < -0.4 is 0 Å². The molecule has 0 saturated heterocycles. The van der Waals surface area contributed by atoms with Crippen LogP contribution in [-0.2, 0) is 9.53 Å². The second-order valence-corrected chi connectivity index (χ2v) is 3.69. The van der Waals surface area contributed by atoms with Gasteiger partial charge in [0.1, 0.15) is 5.03 Å². The second kappa shape index (κ2) is 3.55. The van der Waals surface area contributed by atoms with E-state index in [0.29, 0.717) is 5.70 Å². The zero-order chi connectivity index (χ0) is 10.2. The van der Waals surface area contributed by atoms with Gasteiger partial charge in [-0.05, 0) is 14.1 Å². The van der Waals surface area contributed by atoms with E-state index in [0.717, 1.165) is 0 Å². The van der Waals surface area contributed by atoms with E-state index in [-0.39, 0.29) is 11.3 Å². The first-order valence-corrected chi connectivity index (χ1v) is 4.27. The van der Waals surface area contributed by atoms with Crippen LogP contribution >= 0.6 is 11.6 Å². The first-order valence-electron chi connectivity index (χ1n) is 3.89. The van der Waals surface area contributed by atoms with Gasteiger partial charge in [-0.15, -0.1) is 0 Å². The molecule has 1 aliphatic heterocycles. The first-order chi connectivity index (χ1) is 5.95. The van der Waals surface area contributed by atoms with E-state index in [1.54, 1.807) is 9.80 Å². The van der Waals surface area contributed by atoms with E-state index in [9.17, 15) is 4.79 Å². The maximum Gasteiger partial charge on any atom is 0.353 e. The summed E-state index contributed by atoms with van der Waals surface area (Å²) in [5, 5.41) is 0.170. The quantitative estimate of drug-likeness (QED) is 0.612. The molecule has 0 spiro atoms. The largest absolute Gasteiger partial charge is 0.436 e. The Balaban J connectivity index is 3.00. The Hall–Kier alpha value is -0.740. The molecule has 0 aliphatic carbocycles. The second-order valence-electron chi connectivity index (χ2n) is 3.31. The fourth-order valence-electron chi connectivity index (χ4n) is 1.19. The zero-order valence-electron chi connectivity index (χ0n) is 8.17. The van der Waals surface area contributed by atoms with Gasteiger partial charge in [0.2, 0.25) is 0 Å². The lowest BCUT2D eigenvalue weighted by molar-refractivity contribution is -0.145. The highest BCUT2D eigenvalue weighted by Gasteiger charge is 2.35. The minimum atomic E-state index is -0.455. The number of hydrogen-bond donors (Lipinski definition) is 0. The Morgan fingerprint density at radius 3 is 2.15 bits per heavy atom. The summed E-state index contributed by atoms with van der Waals surface area (Å²) in [7, 11) is 7.32. The molecule has 0 radical (unpaired) electrons. The molecule has 0 bridgehead atoms. The first kappa shape index (κ1) is 10.3. The Bertz CT molecular complexity index is 261. The van der Waals surface area contributed by atoms with Crippen LogP contribution in [-0.4, -0.2) is 50.2 Å². The summed E-state index contributed by atoms with van der Waals surface area (Å²) in [5.41, 5.74) is 0.705. The van der Waals surface area contributed by atoms with Crippen LogP contribution in [0.3, 0.4) is 0 Å². The summed E-state index contributed by atoms with van der Waals surface area (Å²) in [6.45, 7) is 0. The van der Waals surface area contributed by atoms with Crippen molar-refractivity contribution in [3.8, 4) is 0 Å². The minimum Gasteiger partial charge on any atom is -0.436 e. The summed E-state index contributed by atoms with van der Waals surface area (Å²) < 4.78 is 5.05. The lowest BCUT2D eigenvalue weighted by Gasteiger charge is -2.25. The topological polar surface area (TPSA) is 32.8 Å². The Kier molecular flexibility index (Phi) is 2.83. The van der Waals surface area contributed by atoms with Crippen LogP contribution in [0.1, 0.15) is 0 Å². The number of carbonyl (C=O) groups is 1. The van der Waals surface area contributed by atoms with E-state index in [2.05, 4.69) is 0 Å². The highest BCUT2D eigenvalue weighted by Crippen LogP contribution is 2.27. The normalized spacial score (nSPS) is 22.6. The number of nitrogens with zero attached hydrogens (tertiary/aromatic N) is 2. The molecule has 0 aromatic heterocycles. The van der Waals surface area contributed by atoms with Gasteiger partial charge in [0.25, 0.3) is 0 Å². The van der Waals surface area contributed by atoms with Gasteiger partial charge >= 0.3 is 5.97 Å². The van der Waals surface area contributed by atoms with Crippen molar-refractivity contribution in [1.29, 1.82) is 0 Å². The molecule has 1 heterocycles. The molecule has 74 valence electrons. The molecular weight excluding hydrogens is 192 g/mol. The van der Waals surface area contributed by atoms with E-state index in [4.69, 9.17) is 16.3 Å². The molecule has 0 aromatic carbocycles. The number of likely N-dealkylation sites (N-methyl/N-ethyl adjacent to an activating group) is 2. The van der Waals surface area contributed by atoms with Gasteiger partial charge in [0.05, 0.1) is 5.70 Å². The fourth-order valence-corrected chi connectivity index (χ4v) is 1.50. The molecule has 0 aromatic rings. The number of esters is 1. The molecular formula is C8H13ClN2O2. The van der Waals surface area contributed by atoms with Crippen molar-refractivity contribution >= 4 is 17.6 Å². The number of cyclic esters (lactones) is 1. The van der Waals surface area contributed by atoms with E-state index < -0.39 is 5.97 Å². The van der Waals surface area contributed by atoms with Crippen molar-refractivity contribution in [1.82, 2.24) is 9.80 Å². The zero-order valence-corrected chi connectivity index (χ0v) is 8.92. The minimum absolute atomic E-state index is 0.170. The number of halogens is 1. The molecule has 0 fully saturated rings. The number of rotatable bonds is 2. The third-order valence-electron chi connectivity index (χ3n) is 1.81. The predicted molar refractivity (Wildman–Crippen MR) is 50.1 cm³/mol.